The highest BCUT2D eigenvalue weighted by Gasteiger charge is 2.06. The minimum atomic E-state index is 0.918. The maximum atomic E-state index is 3.39. The maximum Gasteiger partial charge on any atom is 0.0483 e. The largest absolute Gasteiger partial charge is 0.346 e. The Morgan fingerprint density at radius 2 is 2.11 bits per heavy atom. The highest BCUT2D eigenvalue weighted by molar-refractivity contribution is 5.84. The molecule has 1 N–H and O–H groups in total. The molecule has 0 unspecified atom stereocenters. The molecule has 0 radical (unpaired) electrons. The van der Waals surface area contributed by atoms with Gasteiger partial charge < -0.3 is 9.88 Å². The van der Waals surface area contributed by atoms with Gasteiger partial charge in [-0.3, -0.25) is 0 Å². The number of nitrogens with one attached hydrogen (secondary N) is 1. The van der Waals surface area contributed by atoms with Crippen LogP contribution in [-0.2, 0) is 13.0 Å². The van der Waals surface area contributed by atoms with Crippen molar-refractivity contribution in [2.45, 2.75) is 33.2 Å². The summed E-state index contributed by atoms with van der Waals surface area (Å²) in [5.74, 6) is 6.10. The zero-order valence-corrected chi connectivity index (χ0v) is 11.9. The maximum absolute atomic E-state index is 3.39. The fraction of sp³-hybridized carbons (Fsp3) is 0.412. The topological polar surface area (TPSA) is 17.0 Å². The molecule has 0 saturated heterocycles. The molecule has 0 spiro atoms. The second-order valence-corrected chi connectivity index (χ2v) is 4.65. The van der Waals surface area contributed by atoms with Crippen molar-refractivity contribution in [3.05, 3.63) is 36.0 Å². The van der Waals surface area contributed by atoms with E-state index in [2.05, 4.69) is 59.1 Å². The molecular formula is C17H22N2. The van der Waals surface area contributed by atoms with E-state index in [1.54, 1.807) is 0 Å². The van der Waals surface area contributed by atoms with Gasteiger partial charge in [-0.2, -0.15) is 0 Å². The lowest BCUT2D eigenvalue weighted by atomic mass is 10.1. The van der Waals surface area contributed by atoms with Crippen molar-refractivity contribution in [2.75, 3.05) is 13.1 Å². The van der Waals surface area contributed by atoms with Gasteiger partial charge in [0, 0.05) is 30.1 Å². The van der Waals surface area contributed by atoms with Crippen LogP contribution in [0.3, 0.4) is 0 Å². The van der Waals surface area contributed by atoms with E-state index < -0.39 is 0 Å². The van der Waals surface area contributed by atoms with Crippen molar-refractivity contribution in [3.63, 3.8) is 0 Å². The zero-order chi connectivity index (χ0) is 13.5. The number of aryl methyl sites for hydroxylation is 1. The average Bonchev–Trinajstić information content (AvgIpc) is 2.79. The van der Waals surface area contributed by atoms with E-state index in [0.717, 1.165) is 32.5 Å². The van der Waals surface area contributed by atoms with Gasteiger partial charge in [0.05, 0.1) is 0 Å². The molecule has 1 aromatic carbocycles. The van der Waals surface area contributed by atoms with Gasteiger partial charge in [0.25, 0.3) is 0 Å². The summed E-state index contributed by atoms with van der Waals surface area (Å²) in [5.41, 5.74) is 2.76. The number of rotatable bonds is 6. The van der Waals surface area contributed by atoms with Gasteiger partial charge >= 0.3 is 0 Å². The quantitative estimate of drug-likeness (QED) is 0.619. The molecule has 2 heteroatoms. The molecule has 0 aliphatic carbocycles. The smallest absolute Gasteiger partial charge is 0.0483 e. The summed E-state index contributed by atoms with van der Waals surface area (Å²) < 4.78 is 2.33. The second-order valence-electron chi connectivity index (χ2n) is 4.65. The van der Waals surface area contributed by atoms with Crippen molar-refractivity contribution >= 4 is 10.9 Å². The van der Waals surface area contributed by atoms with Crippen LogP contribution in [0.1, 0.15) is 25.8 Å². The lowest BCUT2D eigenvalue weighted by Crippen LogP contribution is -2.15. The van der Waals surface area contributed by atoms with Crippen LogP contribution < -0.4 is 5.32 Å². The highest BCUT2D eigenvalue weighted by Crippen LogP contribution is 2.21. The molecule has 0 amide bonds. The SMILES string of the molecule is CC#CCCn1cc(CCNCC)c2ccccc21. The van der Waals surface area contributed by atoms with E-state index in [4.69, 9.17) is 0 Å². The van der Waals surface area contributed by atoms with Crippen LogP contribution >= 0.6 is 0 Å². The minimum absolute atomic E-state index is 0.918. The number of likely N-dealkylation sites (N-methyl/N-ethyl adjacent to an activating group) is 1. The number of aromatic nitrogens is 1. The minimum Gasteiger partial charge on any atom is -0.346 e. The molecule has 2 aromatic rings. The molecule has 0 fully saturated rings. The summed E-state index contributed by atoms with van der Waals surface area (Å²) in [4.78, 5) is 0. The molecule has 2 nitrogen and oxygen atoms in total. The van der Waals surface area contributed by atoms with Crippen molar-refractivity contribution < 1.29 is 0 Å². The van der Waals surface area contributed by atoms with Gasteiger partial charge in [0.15, 0.2) is 0 Å². The molecule has 0 aliphatic heterocycles. The normalized spacial score (nSPS) is 10.4. The summed E-state index contributed by atoms with van der Waals surface area (Å²) in [6.07, 6.45) is 4.29. The third-order valence-corrected chi connectivity index (χ3v) is 3.35. The first-order chi connectivity index (χ1) is 9.36. The summed E-state index contributed by atoms with van der Waals surface area (Å²) in [6.45, 7) is 7.09. The van der Waals surface area contributed by atoms with Crippen LogP contribution in [0, 0.1) is 11.8 Å². The molecule has 1 heterocycles. The summed E-state index contributed by atoms with van der Waals surface area (Å²) in [5, 5.41) is 4.77. The van der Waals surface area contributed by atoms with Gasteiger partial charge in [0.1, 0.15) is 0 Å². The summed E-state index contributed by atoms with van der Waals surface area (Å²) in [7, 11) is 0. The van der Waals surface area contributed by atoms with Crippen molar-refractivity contribution in [2.24, 2.45) is 0 Å². The van der Waals surface area contributed by atoms with E-state index in [1.165, 1.54) is 16.5 Å². The third kappa shape index (κ3) is 3.39. The molecular weight excluding hydrogens is 232 g/mol. The Kier molecular flexibility index (Phi) is 5.06. The molecule has 0 aliphatic rings. The Labute approximate surface area is 115 Å². The van der Waals surface area contributed by atoms with Crippen LogP contribution in [0.5, 0.6) is 0 Å². The van der Waals surface area contributed by atoms with Gasteiger partial charge in [-0.05, 0) is 38.1 Å². The van der Waals surface area contributed by atoms with Crippen molar-refractivity contribution in [1.82, 2.24) is 9.88 Å². The summed E-state index contributed by atoms with van der Waals surface area (Å²) >= 11 is 0. The molecule has 0 bridgehead atoms. The standard InChI is InChI=1S/C17H22N2/c1-3-5-8-13-19-14-15(11-12-18-4-2)16-9-6-7-10-17(16)19/h6-7,9-10,14,18H,4,8,11-13H2,1-2H3. The third-order valence-electron chi connectivity index (χ3n) is 3.35. The lowest BCUT2D eigenvalue weighted by molar-refractivity contribution is 0.709. The molecule has 19 heavy (non-hydrogen) atoms. The zero-order valence-electron chi connectivity index (χ0n) is 11.9. The monoisotopic (exact) mass is 254 g/mol. The first kappa shape index (κ1) is 13.7. The predicted molar refractivity (Wildman–Crippen MR) is 82.3 cm³/mol. The number of hydrogen-bond acceptors (Lipinski definition) is 1. The van der Waals surface area contributed by atoms with Crippen LogP contribution in [0.2, 0.25) is 0 Å². The first-order valence-corrected chi connectivity index (χ1v) is 7.04. The fourth-order valence-corrected chi connectivity index (χ4v) is 2.41. The van der Waals surface area contributed by atoms with Crippen molar-refractivity contribution in [3.8, 4) is 11.8 Å². The van der Waals surface area contributed by atoms with Crippen LogP contribution in [0.25, 0.3) is 10.9 Å². The van der Waals surface area contributed by atoms with Crippen LogP contribution in [0.4, 0.5) is 0 Å². The number of para-hydroxylation sites is 1. The lowest BCUT2D eigenvalue weighted by Gasteiger charge is -2.01. The van der Waals surface area contributed by atoms with E-state index in [1.807, 2.05) is 6.92 Å². The summed E-state index contributed by atoms with van der Waals surface area (Å²) in [6, 6.07) is 8.65. The molecule has 1 aromatic heterocycles. The molecule has 100 valence electrons. The molecule has 2 rings (SSSR count). The Morgan fingerprint density at radius 3 is 2.89 bits per heavy atom. The first-order valence-electron chi connectivity index (χ1n) is 7.04. The van der Waals surface area contributed by atoms with Gasteiger partial charge in [-0.15, -0.1) is 11.8 Å². The number of benzene rings is 1. The van der Waals surface area contributed by atoms with Crippen molar-refractivity contribution in [1.29, 1.82) is 0 Å². The second kappa shape index (κ2) is 7.01. The van der Waals surface area contributed by atoms with E-state index in [-0.39, 0.29) is 0 Å². The molecule has 0 saturated carbocycles. The van der Waals surface area contributed by atoms with Gasteiger partial charge in [-0.25, -0.2) is 0 Å². The van der Waals surface area contributed by atoms with Crippen LogP contribution in [0.15, 0.2) is 30.5 Å². The number of fused-ring (bicyclic) bond motifs is 1. The average molecular weight is 254 g/mol. The highest BCUT2D eigenvalue weighted by atomic mass is 15.0. The number of nitrogens with zero attached hydrogens (tertiary/aromatic N) is 1. The predicted octanol–water partition coefficient (Wildman–Crippen LogP) is 3.21. The van der Waals surface area contributed by atoms with Gasteiger partial charge in [-0.1, -0.05) is 25.1 Å². The molecule has 0 atom stereocenters. The van der Waals surface area contributed by atoms with Gasteiger partial charge in [0.2, 0.25) is 0 Å². The van der Waals surface area contributed by atoms with Crippen LogP contribution in [-0.4, -0.2) is 17.7 Å². The Balaban J connectivity index is 2.22. The Bertz CT molecular complexity index is 584. The van der Waals surface area contributed by atoms with E-state index >= 15 is 0 Å². The Morgan fingerprint density at radius 1 is 1.26 bits per heavy atom. The number of hydrogen-bond donors (Lipinski definition) is 1. The Hall–Kier alpha value is -1.72. The van der Waals surface area contributed by atoms with E-state index in [0.29, 0.717) is 0 Å². The fourth-order valence-electron chi connectivity index (χ4n) is 2.41. The van der Waals surface area contributed by atoms with E-state index in [9.17, 15) is 0 Å².